The van der Waals surface area contributed by atoms with Gasteiger partial charge < -0.3 is 10.4 Å². The smallest absolute Gasteiger partial charge is 0.182 e. The van der Waals surface area contributed by atoms with Crippen molar-refractivity contribution in [2.45, 2.75) is 13.0 Å². The van der Waals surface area contributed by atoms with E-state index in [1.165, 1.54) is 6.92 Å². The molecule has 6 heteroatoms. The number of aromatic hydroxyl groups is 1. The molecule has 1 unspecified atom stereocenters. The molecule has 2 N–H and O–H groups in total. The Labute approximate surface area is 112 Å². The molecule has 0 bridgehead atoms. The van der Waals surface area contributed by atoms with Crippen molar-refractivity contribution in [2.75, 3.05) is 5.32 Å². The third-order valence-electron chi connectivity index (χ3n) is 2.82. The van der Waals surface area contributed by atoms with Gasteiger partial charge >= 0.3 is 0 Å². The highest BCUT2D eigenvalue weighted by atomic mass is 19.2. The zero-order valence-electron chi connectivity index (χ0n) is 10.4. The minimum absolute atomic E-state index is 0.147. The van der Waals surface area contributed by atoms with Crippen LogP contribution in [0.25, 0.3) is 0 Å². The van der Waals surface area contributed by atoms with Crippen LogP contribution in [-0.4, -0.2) is 5.11 Å². The summed E-state index contributed by atoms with van der Waals surface area (Å²) in [6.45, 7) is 1.50. The van der Waals surface area contributed by atoms with E-state index < -0.39 is 35.0 Å². The molecule has 2 rings (SSSR count). The zero-order valence-corrected chi connectivity index (χ0v) is 10.4. The zero-order chi connectivity index (χ0) is 14.9. The molecule has 106 valence electrons. The molecule has 0 aromatic heterocycles. The monoisotopic (exact) mass is 285 g/mol. The molecule has 2 nitrogen and oxygen atoms in total. The van der Waals surface area contributed by atoms with E-state index in [0.717, 1.165) is 24.3 Å². The van der Waals surface area contributed by atoms with E-state index >= 15 is 0 Å². The molecule has 2 aromatic carbocycles. The number of hydrogen-bond donors (Lipinski definition) is 2. The molecule has 0 heterocycles. The number of rotatable bonds is 3. The fourth-order valence-electron chi connectivity index (χ4n) is 1.84. The molecule has 0 aliphatic carbocycles. The molecule has 0 amide bonds. The lowest BCUT2D eigenvalue weighted by Gasteiger charge is -2.17. The average molecular weight is 285 g/mol. The van der Waals surface area contributed by atoms with Crippen molar-refractivity contribution in [1.82, 2.24) is 0 Å². The molecule has 0 aliphatic heterocycles. The number of benzene rings is 2. The summed E-state index contributed by atoms with van der Waals surface area (Å²) in [5.74, 6) is -4.31. The lowest BCUT2D eigenvalue weighted by Crippen LogP contribution is -2.09. The maximum absolute atomic E-state index is 13.5. The first-order valence-electron chi connectivity index (χ1n) is 5.78. The third kappa shape index (κ3) is 2.84. The highest BCUT2D eigenvalue weighted by Gasteiger charge is 2.16. The Hall–Kier alpha value is -2.24. The quantitative estimate of drug-likeness (QED) is 0.656. The van der Waals surface area contributed by atoms with Gasteiger partial charge in [-0.05, 0) is 25.1 Å². The van der Waals surface area contributed by atoms with Crippen molar-refractivity contribution in [2.24, 2.45) is 0 Å². The standard InChI is InChI=1S/C14H11F4NO/c1-7(10-4-8(15)2-3-13(10)20)19-12-6-9(16)5-11(17)14(12)18/h2-7,19-20H,1H3. The molecule has 2 aromatic rings. The summed E-state index contributed by atoms with van der Waals surface area (Å²) >= 11 is 0. The molecule has 0 aliphatic rings. The van der Waals surface area contributed by atoms with Gasteiger partial charge in [-0.15, -0.1) is 0 Å². The Morgan fingerprint density at radius 3 is 2.40 bits per heavy atom. The first-order chi connectivity index (χ1) is 9.38. The summed E-state index contributed by atoms with van der Waals surface area (Å²) in [6, 6.07) is 3.72. The minimum Gasteiger partial charge on any atom is -0.508 e. The molecular weight excluding hydrogens is 274 g/mol. The first kappa shape index (κ1) is 14.2. The number of halogens is 4. The number of anilines is 1. The molecule has 1 atom stereocenters. The van der Waals surface area contributed by atoms with Gasteiger partial charge in [-0.2, -0.15) is 0 Å². The number of phenolic OH excluding ortho intramolecular Hbond substituents is 1. The maximum atomic E-state index is 13.5. The lowest BCUT2D eigenvalue weighted by molar-refractivity contribution is 0.462. The van der Waals surface area contributed by atoms with Gasteiger partial charge in [0.15, 0.2) is 11.6 Å². The normalized spacial score (nSPS) is 12.2. The summed E-state index contributed by atoms with van der Waals surface area (Å²) in [6.07, 6.45) is 0. The van der Waals surface area contributed by atoms with Gasteiger partial charge in [0.1, 0.15) is 17.4 Å². The summed E-state index contributed by atoms with van der Waals surface area (Å²) in [5.41, 5.74) is -0.257. The van der Waals surface area contributed by atoms with E-state index in [0.29, 0.717) is 6.07 Å². The Balaban J connectivity index is 2.32. The maximum Gasteiger partial charge on any atom is 0.182 e. The van der Waals surface area contributed by atoms with Crippen LogP contribution in [0.5, 0.6) is 5.75 Å². The number of nitrogens with one attached hydrogen (secondary N) is 1. The molecule has 0 spiro atoms. The largest absolute Gasteiger partial charge is 0.508 e. The summed E-state index contributed by atoms with van der Waals surface area (Å²) in [4.78, 5) is 0. The molecule has 0 fully saturated rings. The van der Waals surface area contributed by atoms with E-state index in [4.69, 9.17) is 0 Å². The molecule has 0 radical (unpaired) electrons. The van der Waals surface area contributed by atoms with Crippen molar-refractivity contribution in [3.63, 3.8) is 0 Å². The molecule has 0 saturated heterocycles. The highest BCUT2D eigenvalue weighted by molar-refractivity contribution is 5.49. The van der Waals surface area contributed by atoms with Crippen molar-refractivity contribution in [3.8, 4) is 5.75 Å². The predicted octanol–water partition coefficient (Wildman–Crippen LogP) is 4.12. The van der Waals surface area contributed by atoms with E-state index in [-0.39, 0.29) is 11.3 Å². The van der Waals surface area contributed by atoms with Crippen molar-refractivity contribution < 1.29 is 22.7 Å². The Kier molecular flexibility index (Phi) is 3.83. The van der Waals surface area contributed by atoms with Gasteiger partial charge in [0.2, 0.25) is 0 Å². The summed E-state index contributed by atoms with van der Waals surface area (Å²) in [7, 11) is 0. The predicted molar refractivity (Wildman–Crippen MR) is 66.4 cm³/mol. The van der Waals surface area contributed by atoms with Crippen LogP contribution in [0, 0.1) is 23.3 Å². The van der Waals surface area contributed by atoms with Crippen LogP contribution in [0.1, 0.15) is 18.5 Å². The second kappa shape index (κ2) is 5.40. The van der Waals surface area contributed by atoms with Gasteiger partial charge in [-0.25, -0.2) is 17.6 Å². The van der Waals surface area contributed by atoms with Crippen LogP contribution in [0.3, 0.4) is 0 Å². The molecular formula is C14H11F4NO. The van der Waals surface area contributed by atoms with Crippen molar-refractivity contribution >= 4 is 5.69 Å². The highest BCUT2D eigenvalue weighted by Crippen LogP contribution is 2.29. The second-order valence-electron chi connectivity index (χ2n) is 4.32. The molecule has 20 heavy (non-hydrogen) atoms. The Bertz CT molecular complexity index is 645. The van der Waals surface area contributed by atoms with Gasteiger partial charge in [0.05, 0.1) is 11.7 Å². The van der Waals surface area contributed by atoms with Crippen LogP contribution < -0.4 is 5.32 Å². The summed E-state index contributed by atoms with van der Waals surface area (Å²) < 4.78 is 52.7. The van der Waals surface area contributed by atoms with E-state index in [1.807, 2.05) is 0 Å². The van der Waals surface area contributed by atoms with Gasteiger partial charge in [0, 0.05) is 17.7 Å². The summed E-state index contributed by atoms with van der Waals surface area (Å²) in [5, 5.41) is 12.1. The van der Waals surface area contributed by atoms with Crippen LogP contribution in [0.4, 0.5) is 23.2 Å². The number of phenols is 1. The third-order valence-corrected chi connectivity index (χ3v) is 2.82. The van der Waals surface area contributed by atoms with Gasteiger partial charge in [-0.3, -0.25) is 0 Å². The van der Waals surface area contributed by atoms with Gasteiger partial charge in [0.25, 0.3) is 0 Å². The average Bonchev–Trinajstić information content (AvgIpc) is 2.38. The lowest BCUT2D eigenvalue weighted by atomic mass is 10.1. The van der Waals surface area contributed by atoms with E-state index in [9.17, 15) is 22.7 Å². The Morgan fingerprint density at radius 1 is 1.00 bits per heavy atom. The van der Waals surface area contributed by atoms with Gasteiger partial charge in [-0.1, -0.05) is 0 Å². The topological polar surface area (TPSA) is 32.3 Å². The minimum atomic E-state index is -1.33. The number of hydrogen-bond acceptors (Lipinski definition) is 2. The SMILES string of the molecule is CC(Nc1cc(F)cc(F)c1F)c1cc(F)ccc1O. The fraction of sp³-hybridized carbons (Fsp3) is 0.143. The van der Waals surface area contributed by atoms with Crippen molar-refractivity contribution in [3.05, 3.63) is 59.2 Å². The van der Waals surface area contributed by atoms with Crippen LogP contribution in [0.15, 0.2) is 30.3 Å². The van der Waals surface area contributed by atoms with Crippen LogP contribution in [-0.2, 0) is 0 Å². The van der Waals surface area contributed by atoms with Crippen LogP contribution in [0.2, 0.25) is 0 Å². The molecule has 0 saturated carbocycles. The van der Waals surface area contributed by atoms with E-state index in [1.54, 1.807) is 0 Å². The van der Waals surface area contributed by atoms with Crippen LogP contribution >= 0.6 is 0 Å². The van der Waals surface area contributed by atoms with E-state index in [2.05, 4.69) is 5.32 Å². The second-order valence-corrected chi connectivity index (χ2v) is 4.32. The Morgan fingerprint density at radius 2 is 1.70 bits per heavy atom. The first-order valence-corrected chi connectivity index (χ1v) is 5.78. The fourth-order valence-corrected chi connectivity index (χ4v) is 1.84. The van der Waals surface area contributed by atoms with Crippen molar-refractivity contribution in [1.29, 1.82) is 0 Å².